The Hall–Kier alpha value is -2.33. The molecular weight excluding hydrogens is 382 g/mol. The van der Waals surface area contributed by atoms with Gasteiger partial charge in [-0.15, -0.1) is 10.2 Å². The van der Waals surface area contributed by atoms with E-state index in [1.54, 1.807) is 12.4 Å². The smallest absolute Gasteiger partial charge is 0.302 e. The molecule has 1 aromatic carbocycles. The van der Waals surface area contributed by atoms with Crippen molar-refractivity contribution in [2.45, 2.75) is 34.2 Å². The van der Waals surface area contributed by atoms with Crippen LogP contribution < -0.4 is 0 Å². The van der Waals surface area contributed by atoms with Crippen LogP contribution in [0.1, 0.15) is 6.92 Å². The SMILES string of the molecule is CCn1c(Sc2ccc(S(=O)(=O)C(F)F)cc2)nnc1-c1ccncc1. The van der Waals surface area contributed by atoms with Gasteiger partial charge in [-0.05, 0) is 55.1 Å². The van der Waals surface area contributed by atoms with Crippen LogP contribution in [0.5, 0.6) is 0 Å². The van der Waals surface area contributed by atoms with E-state index in [1.165, 1.54) is 36.0 Å². The summed E-state index contributed by atoms with van der Waals surface area (Å²) >= 11 is 1.27. The maximum atomic E-state index is 12.6. The van der Waals surface area contributed by atoms with E-state index in [1.807, 2.05) is 23.6 Å². The van der Waals surface area contributed by atoms with Crippen molar-refractivity contribution in [1.29, 1.82) is 0 Å². The Kier molecular flexibility index (Phi) is 5.33. The summed E-state index contributed by atoms with van der Waals surface area (Å²) in [6, 6.07) is 8.94. The average molecular weight is 396 g/mol. The lowest BCUT2D eigenvalue weighted by Gasteiger charge is -2.08. The molecule has 136 valence electrons. The second kappa shape index (κ2) is 7.50. The van der Waals surface area contributed by atoms with Crippen molar-refractivity contribution in [1.82, 2.24) is 19.7 Å². The van der Waals surface area contributed by atoms with Gasteiger partial charge >= 0.3 is 5.76 Å². The predicted molar refractivity (Wildman–Crippen MR) is 92.7 cm³/mol. The van der Waals surface area contributed by atoms with Crippen LogP contribution in [0.4, 0.5) is 8.78 Å². The van der Waals surface area contributed by atoms with Crippen molar-refractivity contribution >= 4 is 21.6 Å². The summed E-state index contributed by atoms with van der Waals surface area (Å²) in [4.78, 5) is 4.23. The summed E-state index contributed by atoms with van der Waals surface area (Å²) < 4.78 is 50.0. The number of halogens is 2. The standard InChI is InChI=1S/C16H14F2N4O2S2/c1-2-22-14(11-7-9-19-10-8-11)20-21-16(22)25-12-3-5-13(6-4-12)26(23,24)15(17)18/h3-10,15H,2H2,1H3. The fourth-order valence-corrected chi connectivity index (χ4v) is 3.88. The first-order valence-electron chi connectivity index (χ1n) is 7.57. The number of rotatable bonds is 6. The second-order valence-corrected chi connectivity index (χ2v) is 8.12. The topological polar surface area (TPSA) is 77.7 Å². The van der Waals surface area contributed by atoms with Crippen molar-refractivity contribution in [2.75, 3.05) is 0 Å². The molecule has 0 amide bonds. The molecule has 0 aliphatic heterocycles. The lowest BCUT2D eigenvalue weighted by Crippen LogP contribution is -2.11. The molecule has 0 unspecified atom stereocenters. The van der Waals surface area contributed by atoms with Crippen molar-refractivity contribution in [2.24, 2.45) is 0 Å². The van der Waals surface area contributed by atoms with Gasteiger partial charge in [0.05, 0.1) is 4.90 Å². The van der Waals surface area contributed by atoms with Crippen molar-refractivity contribution < 1.29 is 17.2 Å². The highest BCUT2D eigenvalue weighted by atomic mass is 32.2. The summed E-state index contributed by atoms with van der Waals surface area (Å²) in [7, 11) is -4.59. The number of hydrogen-bond donors (Lipinski definition) is 0. The molecule has 2 heterocycles. The van der Waals surface area contributed by atoms with Gasteiger partial charge in [-0.2, -0.15) is 8.78 Å². The van der Waals surface area contributed by atoms with Gasteiger partial charge in [-0.25, -0.2) is 8.42 Å². The Morgan fingerprint density at radius 3 is 2.31 bits per heavy atom. The van der Waals surface area contributed by atoms with E-state index in [0.29, 0.717) is 22.4 Å². The van der Waals surface area contributed by atoms with Crippen LogP contribution in [0.15, 0.2) is 63.7 Å². The van der Waals surface area contributed by atoms with Gasteiger partial charge in [-0.1, -0.05) is 0 Å². The second-order valence-electron chi connectivity index (χ2n) is 5.17. The third-order valence-electron chi connectivity index (χ3n) is 3.57. The highest BCUT2D eigenvalue weighted by Gasteiger charge is 2.26. The Morgan fingerprint density at radius 1 is 1.08 bits per heavy atom. The molecule has 10 heteroatoms. The van der Waals surface area contributed by atoms with Gasteiger partial charge in [0.1, 0.15) is 0 Å². The molecule has 3 rings (SSSR count). The molecular formula is C16H14F2N4O2S2. The van der Waals surface area contributed by atoms with Crippen LogP contribution in [0, 0.1) is 0 Å². The van der Waals surface area contributed by atoms with Gasteiger partial charge in [0, 0.05) is 29.4 Å². The molecule has 2 aromatic heterocycles. The number of sulfone groups is 1. The molecule has 0 bridgehead atoms. The van der Waals surface area contributed by atoms with Crippen LogP contribution in [0.25, 0.3) is 11.4 Å². The van der Waals surface area contributed by atoms with E-state index < -0.39 is 20.5 Å². The zero-order valence-corrected chi connectivity index (χ0v) is 15.2. The highest BCUT2D eigenvalue weighted by Crippen LogP contribution is 2.30. The molecule has 0 radical (unpaired) electrons. The summed E-state index contributed by atoms with van der Waals surface area (Å²) in [5.41, 5.74) is 0.875. The van der Waals surface area contributed by atoms with Crippen LogP contribution in [0.3, 0.4) is 0 Å². The Bertz CT molecular complexity index is 991. The maximum Gasteiger partial charge on any atom is 0.341 e. The molecule has 26 heavy (non-hydrogen) atoms. The fraction of sp³-hybridized carbons (Fsp3) is 0.188. The normalized spacial score (nSPS) is 11.8. The highest BCUT2D eigenvalue weighted by molar-refractivity contribution is 7.99. The minimum Gasteiger partial charge on any atom is -0.302 e. The molecule has 6 nitrogen and oxygen atoms in total. The van der Waals surface area contributed by atoms with Gasteiger partial charge in [0.2, 0.25) is 9.84 Å². The molecule has 0 saturated carbocycles. The van der Waals surface area contributed by atoms with E-state index in [2.05, 4.69) is 15.2 Å². The van der Waals surface area contributed by atoms with Crippen molar-refractivity contribution in [3.8, 4) is 11.4 Å². The molecule has 0 atom stereocenters. The van der Waals surface area contributed by atoms with Gasteiger partial charge in [0.15, 0.2) is 11.0 Å². The number of benzene rings is 1. The van der Waals surface area contributed by atoms with E-state index in [-0.39, 0.29) is 0 Å². The minimum atomic E-state index is -4.59. The lowest BCUT2D eigenvalue weighted by molar-refractivity contribution is 0.234. The van der Waals surface area contributed by atoms with E-state index in [9.17, 15) is 17.2 Å². The first kappa shape index (κ1) is 18.5. The van der Waals surface area contributed by atoms with Crippen LogP contribution in [0.2, 0.25) is 0 Å². The number of pyridine rings is 1. The van der Waals surface area contributed by atoms with Crippen LogP contribution in [-0.4, -0.2) is 33.9 Å². The van der Waals surface area contributed by atoms with Crippen LogP contribution >= 0.6 is 11.8 Å². The lowest BCUT2D eigenvalue weighted by atomic mass is 10.2. The molecule has 0 fully saturated rings. The van der Waals surface area contributed by atoms with Crippen molar-refractivity contribution in [3.63, 3.8) is 0 Å². The molecule has 3 aromatic rings. The van der Waals surface area contributed by atoms with Gasteiger partial charge in [0.25, 0.3) is 0 Å². The monoisotopic (exact) mass is 396 g/mol. The fourth-order valence-electron chi connectivity index (χ4n) is 2.27. The molecule has 0 spiro atoms. The Morgan fingerprint density at radius 2 is 1.73 bits per heavy atom. The summed E-state index contributed by atoms with van der Waals surface area (Å²) in [5.74, 6) is -2.75. The van der Waals surface area contributed by atoms with Gasteiger partial charge < -0.3 is 4.57 Å². The Balaban J connectivity index is 1.87. The minimum absolute atomic E-state index is 0.411. The van der Waals surface area contributed by atoms with E-state index in [4.69, 9.17) is 0 Å². The number of hydrogen-bond acceptors (Lipinski definition) is 6. The van der Waals surface area contributed by atoms with Gasteiger partial charge in [-0.3, -0.25) is 4.98 Å². The molecule has 0 aliphatic rings. The number of aromatic nitrogens is 4. The largest absolute Gasteiger partial charge is 0.341 e. The zero-order valence-electron chi connectivity index (χ0n) is 13.6. The summed E-state index contributed by atoms with van der Waals surface area (Å²) in [6.45, 7) is 2.58. The first-order chi connectivity index (χ1) is 12.4. The summed E-state index contributed by atoms with van der Waals surface area (Å²) in [6.07, 6.45) is 3.33. The molecule has 0 N–H and O–H groups in total. The first-order valence-corrected chi connectivity index (χ1v) is 9.93. The summed E-state index contributed by atoms with van der Waals surface area (Å²) in [5, 5.41) is 8.99. The number of nitrogens with zero attached hydrogens (tertiary/aromatic N) is 4. The molecule has 0 saturated heterocycles. The average Bonchev–Trinajstić information content (AvgIpc) is 3.05. The quantitative estimate of drug-likeness (QED) is 0.635. The predicted octanol–water partition coefficient (Wildman–Crippen LogP) is 3.51. The van der Waals surface area contributed by atoms with E-state index >= 15 is 0 Å². The third-order valence-corrected chi connectivity index (χ3v) is 5.96. The third kappa shape index (κ3) is 3.61. The maximum absolute atomic E-state index is 12.6. The van der Waals surface area contributed by atoms with Crippen molar-refractivity contribution in [3.05, 3.63) is 48.8 Å². The molecule has 0 aliphatic carbocycles. The Labute approximate surface area is 153 Å². The van der Waals surface area contributed by atoms with Crippen LogP contribution in [-0.2, 0) is 16.4 Å². The zero-order chi connectivity index (χ0) is 18.7. The van der Waals surface area contributed by atoms with E-state index in [0.717, 1.165) is 5.56 Å². The number of alkyl halides is 2.